The first-order chi connectivity index (χ1) is 15.6. The number of Topliss-reactive ketones (excluding diaryl/α,β-unsaturated/α-hetero) is 1. The molecule has 1 spiro atoms. The second-order valence-corrected chi connectivity index (χ2v) is 9.70. The maximum atomic E-state index is 14.4. The van der Waals surface area contributed by atoms with Crippen molar-refractivity contribution < 1.29 is 14.0 Å². The first-order valence-corrected chi connectivity index (χ1v) is 10.8. The van der Waals surface area contributed by atoms with Gasteiger partial charge in [0.2, 0.25) is 5.91 Å². The standard InChI is InChI=1S/C26H23FN4O2/c1-14-4-7-16(8-5-14)31-20-11-25(2,3)12-21(32)22(20)26(18(13-28)23(31)29)17-10-15(27)6-9-19(17)30-24(26)33/h4-10H,11-12,29H2,1-3H3,(H,30,33)/t26-/m0/s1. The van der Waals surface area contributed by atoms with Crippen LogP contribution < -0.4 is 16.0 Å². The van der Waals surface area contributed by atoms with E-state index in [1.165, 1.54) is 18.2 Å². The lowest BCUT2D eigenvalue weighted by atomic mass is 9.60. The number of fused-ring (bicyclic) bond motifs is 3. The van der Waals surface area contributed by atoms with Gasteiger partial charge >= 0.3 is 0 Å². The Bertz CT molecular complexity index is 1350. The van der Waals surface area contributed by atoms with E-state index in [4.69, 9.17) is 5.73 Å². The van der Waals surface area contributed by atoms with Gasteiger partial charge in [0, 0.05) is 34.6 Å². The van der Waals surface area contributed by atoms with Crippen LogP contribution in [-0.4, -0.2) is 11.7 Å². The molecular formula is C26H23FN4O2. The molecule has 0 fully saturated rings. The Balaban J connectivity index is 1.90. The highest BCUT2D eigenvalue weighted by Crippen LogP contribution is 2.57. The van der Waals surface area contributed by atoms with Crippen LogP contribution in [0.1, 0.15) is 37.8 Å². The highest BCUT2D eigenvalue weighted by atomic mass is 19.1. The fourth-order valence-corrected chi connectivity index (χ4v) is 5.38. The molecule has 3 aliphatic rings. The molecule has 6 nitrogen and oxygen atoms in total. The number of ketones is 1. The van der Waals surface area contributed by atoms with Gasteiger partial charge in [0.1, 0.15) is 23.1 Å². The second-order valence-electron chi connectivity index (χ2n) is 9.70. The third-order valence-electron chi connectivity index (χ3n) is 6.75. The minimum atomic E-state index is -1.78. The van der Waals surface area contributed by atoms with Crippen LogP contribution in [0.25, 0.3) is 0 Å². The van der Waals surface area contributed by atoms with E-state index in [0.29, 0.717) is 23.5 Å². The molecule has 1 aliphatic carbocycles. The quantitative estimate of drug-likeness (QED) is 0.690. The summed E-state index contributed by atoms with van der Waals surface area (Å²) >= 11 is 0. The molecule has 0 saturated carbocycles. The van der Waals surface area contributed by atoms with Gasteiger partial charge in [-0.05, 0) is 49.1 Å². The van der Waals surface area contributed by atoms with Crippen LogP contribution in [0, 0.1) is 29.5 Å². The number of nitrogens with two attached hydrogens (primary N) is 1. The Kier molecular flexibility index (Phi) is 4.31. The third kappa shape index (κ3) is 2.77. The molecule has 33 heavy (non-hydrogen) atoms. The van der Waals surface area contributed by atoms with Crippen LogP contribution in [-0.2, 0) is 15.0 Å². The van der Waals surface area contributed by atoms with Crippen molar-refractivity contribution in [1.82, 2.24) is 0 Å². The molecule has 1 amide bonds. The number of nitrogens with one attached hydrogen (secondary N) is 1. The van der Waals surface area contributed by atoms with E-state index in [1.807, 2.05) is 45.0 Å². The van der Waals surface area contributed by atoms with Crippen molar-refractivity contribution in [2.24, 2.45) is 11.1 Å². The number of carbonyl (C=O) groups is 2. The van der Waals surface area contributed by atoms with Crippen LogP contribution in [0.15, 0.2) is 65.1 Å². The SMILES string of the molecule is Cc1ccc(N2C(N)=C(C#N)[C@]3(C(=O)Nc4ccc(F)cc43)C3=C2CC(C)(C)CC3=O)cc1. The lowest BCUT2D eigenvalue weighted by Crippen LogP contribution is -2.52. The van der Waals surface area contributed by atoms with Crippen LogP contribution in [0.2, 0.25) is 0 Å². The summed E-state index contributed by atoms with van der Waals surface area (Å²) < 4.78 is 14.4. The number of aryl methyl sites for hydroxylation is 1. The average molecular weight is 442 g/mol. The van der Waals surface area contributed by atoms with Crippen molar-refractivity contribution in [3.05, 3.63) is 82.1 Å². The molecule has 2 aliphatic heterocycles. The van der Waals surface area contributed by atoms with Crippen LogP contribution in [0.4, 0.5) is 15.8 Å². The number of benzene rings is 2. The Hall–Kier alpha value is -3.92. The topological polar surface area (TPSA) is 99.2 Å². The molecule has 1 atom stereocenters. The van der Waals surface area contributed by atoms with Gasteiger partial charge in [0.15, 0.2) is 5.78 Å². The first kappa shape index (κ1) is 21.0. The molecule has 166 valence electrons. The number of rotatable bonds is 1. The number of hydrogen-bond donors (Lipinski definition) is 2. The molecule has 5 rings (SSSR count). The van der Waals surface area contributed by atoms with Crippen molar-refractivity contribution in [1.29, 1.82) is 5.26 Å². The van der Waals surface area contributed by atoms with Crippen LogP contribution in [0.5, 0.6) is 0 Å². The smallest absolute Gasteiger partial charge is 0.245 e. The van der Waals surface area contributed by atoms with Gasteiger partial charge in [-0.2, -0.15) is 5.26 Å². The zero-order valence-corrected chi connectivity index (χ0v) is 18.6. The summed E-state index contributed by atoms with van der Waals surface area (Å²) in [6.07, 6.45) is 0.660. The summed E-state index contributed by atoms with van der Waals surface area (Å²) in [5, 5.41) is 13.0. The lowest BCUT2D eigenvalue weighted by Gasteiger charge is -2.46. The molecule has 0 radical (unpaired) electrons. The van der Waals surface area contributed by atoms with Gasteiger partial charge < -0.3 is 11.1 Å². The monoisotopic (exact) mass is 442 g/mol. The molecule has 3 N–H and O–H groups in total. The number of allylic oxidation sites excluding steroid dienone is 1. The number of halogens is 1. The molecular weight excluding hydrogens is 419 g/mol. The van der Waals surface area contributed by atoms with Crippen LogP contribution >= 0.6 is 0 Å². The summed E-state index contributed by atoms with van der Waals surface area (Å²) in [4.78, 5) is 29.0. The largest absolute Gasteiger partial charge is 0.384 e. The van der Waals surface area contributed by atoms with Gasteiger partial charge in [0.05, 0.1) is 5.57 Å². The third-order valence-corrected chi connectivity index (χ3v) is 6.75. The fraction of sp³-hybridized carbons (Fsp3) is 0.269. The first-order valence-electron chi connectivity index (χ1n) is 10.8. The Morgan fingerprint density at radius 2 is 1.82 bits per heavy atom. The summed E-state index contributed by atoms with van der Waals surface area (Å²) in [7, 11) is 0. The number of carbonyl (C=O) groups excluding carboxylic acids is 2. The van der Waals surface area contributed by atoms with E-state index < -0.39 is 17.1 Å². The van der Waals surface area contributed by atoms with Crippen molar-refractivity contribution in [2.75, 3.05) is 10.2 Å². The van der Waals surface area contributed by atoms with E-state index >= 15 is 0 Å². The normalized spacial score (nSPS) is 23.4. The Labute approximate surface area is 191 Å². The number of nitrogens with zero attached hydrogens (tertiary/aromatic N) is 2. The van der Waals surface area contributed by atoms with Crippen molar-refractivity contribution in [3.63, 3.8) is 0 Å². The minimum absolute atomic E-state index is 0.0675. The van der Waals surface area contributed by atoms with Crippen LogP contribution in [0.3, 0.4) is 0 Å². The Morgan fingerprint density at radius 1 is 1.12 bits per heavy atom. The number of hydrogen-bond acceptors (Lipinski definition) is 5. The van der Waals surface area contributed by atoms with Gasteiger partial charge in [0.25, 0.3) is 0 Å². The Morgan fingerprint density at radius 3 is 2.48 bits per heavy atom. The van der Waals surface area contributed by atoms with E-state index in [1.54, 1.807) is 4.90 Å². The minimum Gasteiger partial charge on any atom is -0.384 e. The average Bonchev–Trinajstić information content (AvgIpc) is 3.00. The van der Waals surface area contributed by atoms with Gasteiger partial charge in [-0.25, -0.2) is 4.39 Å². The van der Waals surface area contributed by atoms with Crippen molar-refractivity contribution in [3.8, 4) is 6.07 Å². The van der Waals surface area contributed by atoms with Crippen molar-refractivity contribution in [2.45, 2.75) is 39.0 Å². The summed E-state index contributed by atoms with van der Waals surface area (Å²) in [6.45, 7) is 5.93. The van der Waals surface area contributed by atoms with Gasteiger partial charge in [-0.15, -0.1) is 0 Å². The molecule has 7 heteroatoms. The molecule has 0 saturated heterocycles. The predicted octanol–water partition coefficient (Wildman–Crippen LogP) is 4.18. The highest BCUT2D eigenvalue weighted by molar-refractivity contribution is 6.20. The predicted molar refractivity (Wildman–Crippen MR) is 122 cm³/mol. The maximum Gasteiger partial charge on any atom is 0.245 e. The summed E-state index contributed by atoms with van der Waals surface area (Å²) in [5.41, 5.74) is 7.52. The van der Waals surface area contributed by atoms with E-state index in [9.17, 15) is 19.2 Å². The zero-order chi connectivity index (χ0) is 23.7. The molecule has 0 bridgehead atoms. The fourth-order valence-electron chi connectivity index (χ4n) is 5.38. The summed E-state index contributed by atoms with van der Waals surface area (Å²) in [5.74, 6) is -1.30. The van der Waals surface area contributed by atoms with Crippen molar-refractivity contribution >= 4 is 23.1 Å². The number of nitriles is 1. The molecule has 0 aromatic heterocycles. The van der Waals surface area contributed by atoms with Gasteiger partial charge in [-0.1, -0.05) is 31.5 Å². The summed E-state index contributed by atoms with van der Waals surface area (Å²) in [6, 6.07) is 13.6. The lowest BCUT2D eigenvalue weighted by molar-refractivity contribution is -0.123. The zero-order valence-electron chi connectivity index (χ0n) is 18.6. The number of anilines is 2. The van der Waals surface area contributed by atoms with Gasteiger partial charge in [-0.3, -0.25) is 14.5 Å². The van der Waals surface area contributed by atoms with E-state index in [2.05, 4.69) is 11.4 Å². The molecule has 2 heterocycles. The highest BCUT2D eigenvalue weighted by Gasteiger charge is 2.61. The molecule has 0 unspecified atom stereocenters. The molecule has 2 aromatic rings. The van der Waals surface area contributed by atoms with E-state index in [-0.39, 0.29) is 40.1 Å². The second kappa shape index (κ2) is 6.79. The van der Waals surface area contributed by atoms with E-state index in [0.717, 1.165) is 5.56 Å². The number of amides is 1. The molecule has 2 aromatic carbocycles. The maximum absolute atomic E-state index is 14.4.